The van der Waals surface area contributed by atoms with Gasteiger partial charge in [0.25, 0.3) is 0 Å². The van der Waals surface area contributed by atoms with Gasteiger partial charge in [0.2, 0.25) is 0 Å². The van der Waals surface area contributed by atoms with Crippen LogP contribution in [0.5, 0.6) is 11.5 Å². The molecule has 1 heterocycles. The van der Waals surface area contributed by atoms with Crippen molar-refractivity contribution in [3.05, 3.63) is 86.6 Å². The lowest BCUT2D eigenvalue weighted by atomic mass is 10.2. The van der Waals surface area contributed by atoms with Gasteiger partial charge in [-0.1, -0.05) is 46.9 Å². The minimum atomic E-state index is 0.257. The molecule has 0 fully saturated rings. The quantitative estimate of drug-likeness (QED) is 0.414. The molecule has 0 aliphatic heterocycles. The molecule has 2 aromatic carbocycles. The number of pyridine rings is 1. The van der Waals surface area contributed by atoms with Gasteiger partial charge >= 0.3 is 0 Å². The molecule has 0 aliphatic rings. The van der Waals surface area contributed by atoms with E-state index in [1.54, 1.807) is 18.3 Å². The molecule has 0 saturated carbocycles. The van der Waals surface area contributed by atoms with Crippen LogP contribution in [0.3, 0.4) is 0 Å². The Labute approximate surface area is 185 Å². The lowest BCUT2D eigenvalue weighted by molar-refractivity contribution is 0.269. The Morgan fingerprint density at radius 3 is 2.52 bits per heavy atom. The molecular weight excluding hydrogens is 431 g/mol. The van der Waals surface area contributed by atoms with E-state index in [1.807, 2.05) is 43.3 Å². The van der Waals surface area contributed by atoms with Crippen LogP contribution < -0.4 is 14.8 Å². The summed E-state index contributed by atoms with van der Waals surface area (Å²) in [4.78, 5) is 4.30. The maximum absolute atomic E-state index is 6.50. The van der Waals surface area contributed by atoms with Crippen molar-refractivity contribution in [2.24, 2.45) is 0 Å². The van der Waals surface area contributed by atoms with Crippen LogP contribution in [0.15, 0.2) is 54.7 Å². The minimum Gasteiger partial charge on any atom is -0.490 e. The predicted octanol–water partition coefficient (Wildman–Crippen LogP) is 6.31. The monoisotopic (exact) mass is 450 g/mol. The van der Waals surface area contributed by atoms with Gasteiger partial charge in [0.05, 0.1) is 17.3 Å². The number of aromatic nitrogens is 1. The molecule has 152 valence electrons. The van der Waals surface area contributed by atoms with Crippen LogP contribution in [-0.4, -0.2) is 11.6 Å². The summed E-state index contributed by atoms with van der Waals surface area (Å²) in [7, 11) is 0. The molecule has 0 atom stereocenters. The number of benzene rings is 2. The summed E-state index contributed by atoms with van der Waals surface area (Å²) >= 11 is 18.7. The van der Waals surface area contributed by atoms with Crippen LogP contribution in [0.25, 0.3) is 0 Å². The maximum atomic E-state index is 6.50. The number of hydrogen-bond donors (Lipinski definition) is 1. The number of nitrogens with one attached hydrogen (secondary N) is 1. The summed E-state index contributed by atoms with van der Waals surface area (Å²) in [5.41, 5.74) is 2.78. The van der Waals surface area contributed by atoms with Crippen molar-refractivity contribution in [2.45, 2.75) is 26.6 Å². The Morgan fingerprint density at radius 1 is 0.931 bits per heavy atom. The number of ether oxygens (including phenoxy) is 2. The van der Waals surface area contributed by atoms with Gasteiger partial charge in [-0.3, -0.25) is 4.98 Å². The molecular formula is C22H21Cl3N2O2. The van der Waals surface area contributed by atoms with Crippen molar-refractivity contribution in [1.29, 1.82) is 0 Å². The summed E-state index contributed by atoms with van der Waals surface area (Å²) in [6, 6.07) is 14.9. The van der Waals surface area contributed by atoms with E-state index in [4.69, 9.17) is 44.3 Å². The third-order valence-electron chi connectivity index (χ3n) is 4.12. The van der Waals surface area contributed by atoms with Crippen LogP contribution in [0.1, 0.15) is 23.7 Å². The summed E-state index contributed by atoms with van der Waals surface area (Å²) in [6.45, 7) is 3.96. The molecule has 7 heteroatoms. The van der Waals surface area contributed by atoms with Crippen LogP contribution in [0.4, 0.5) is 0 Å². The molecule has 1 N–H and O–H groups in total. The highest BCUT2D eigenvalue weighted by molar-refractivity contribution is 6.35. The van der Waals surface area contributed by atoms with Gasteiger partial charge in [0.15, 0.2) is 11.5 Å². The zero-order valence-electron chi connectivity index (χ0n) is 15.9. The Kier molecular flexibility index (Phi) is 8.01. The molecule has 1 aromatic heterocycles. The normalized spacial score (nSPS) is 10.8. The average Bonchev–Trinajstić information content (AvgIpc) is 2.70. The van der Waals surface area contributed by atoms with Gasteiger partial charge in [0.1, 0.15) is 6.61 Å². The van der Waals surface area contributed by atoms with Gasteiger partial charge in [0, 0.05) is 34.9 Å². The maximum Gasteiger partial charge on any atom is 0.180 e. The van der Waals surface area contributed by atoms with Gasteiger partial charge in [-0.25, -0.2) is 0 Å². The lowest BCUT2D eigenvalue weighted by Gasteiger charge is -2.16. The van der Waals surface area contributed by atoms with Gasteiger partial charge in [-0.15, -0.1) is 0 Å². The Morgan fingerprint density at radius 2 is 1.79 bits per heavy atom. The lowest BCUT2D eigenvalue weighted by Crippen LogP contribution is -2.14. The van der Waals surface area contributed by atoms with Crippen molar-refractivity contribution in [1.82, 2.24) is 10.3 Å². The van der Waals surface area contributed by atoms with Crippen LogP contribution in [-0.2, 0) is 19.7 Å². The largest absolute Gasteiger partial charge is 0.490 e. The van der Waals surface area contributed by atoms with E-state index in [0.717, 1.165) is 16.8 Å². The van der Waals surface area contributed by atoms with E-state index >= 15 is 0 Å². The first kappa shape index (κ1) is 21.7. The van der Waals surface area contributed by atoms with Gasteiger partial charge < -0.3 is 14.8 Å². The fourth-order valence-corrected chi connectivity index (χ4v) is 3.50. The van der Waals surface area contributed by atoms with E-state index in [0.29, 0.717) is 46.3 Å². The topological polar surface area (TPSA) is 43.4 Å². The highest BCUT2D eigenvalue weighted by Crippen LogP contribution is 2.37. The first-order valence-electron chi connectivity index (χ1n) is 9.19. The smallest absolute Gasteiger partial charge is 0.180 e. The molecule has 29 heavy (non-hydrogen) atoms. The second-order valence-corrected chi connectivity index (χ2v) is 7.54. The van der Waals surface area contributed by atoms with Crippen molar-refractivity contribution in [3.63, 3.8) is 0 Å². The van der Waals surface area contributed by atoms with Gasteiger partial charge in [-0.05, 0) is 48.9 Å². The third-order valence-corrected chi connectivity index (χ3v) is 4.99. The zero-order chi connectivity index (χ0) is 20.6. The highest BCUT2D eigenvalue weighted by atomic mass is 35.5. The van der Waals surface area contributed by atoms with Crippen LogP contribution >= 0.6 is 34.8 Å². The van der Waals surface area contributed by atoms with Crippen molar-refractivity contribution < 1.29 is 9.47 Å². The SMILES string of the molecule is CCOc1cc(CNCc2ccccn2)cc(Cl)c1OCc1ccc(Cl)cc1Cl. The minimum absolute atomic E-state index is 0.257. The van der Waals surface area contributed by atoms with Crippen molar-refractivity contribution in [3.8, 4) is 11.5 Å². The first-order chi connectivity index (χ1) is 14.1. The Hall–Kier alpha value is -1.98. The summed E-state index contributed by atoms with van der Waals surface area (Å²) in [5.74, 6) is 1.09. The van der Waals surface area contributed by atoms with Crippen molar-refractivity contribution >= 4 is 34.8 Å². The second-order valence-electron chi connectivity index (χ2n) is 6.29. The van der Waals surface area contributed by atoms with E-state index in [1.165, 1.54) is 0 Å². The summed E-state index contributed by atoms with van der Waals surface area (Å²) in [6.07, 6.45) is 1.78. The number of nitrogens with zero attached hydrogens (tertiary/aromatic N) is 1. The molecule has 0 spiro atoms. The molecule has 3 rings (SSSR count). The molecule has 0 bridgehead atoms. The fraction of sp³-hybridized carbons (Fsp3) is 0.227. The number of rotatable bonds is 9. The van der Waals surface area contributed by atoms with Crippen molar-refractivity contribution in [2.75, 3.05) is 6.61 Å². The average molecular weight is 452 g/mol. The highest BCUT2D eigenvalue weighted by Gasteiger charge is 2.14. The molecule has 0 amide bonds. The fourth-order valence-electron chi connectivity index (χ4n) is 2.75. The van der Waals surface area contributed by atoms with E-state index in [2.05, 4.69) is 10.3 Å². The van der Waals surface area contributed by atoms with Crippen LogP contribution in [0, 0.1) is 0 Å². The Balaban J connectivity index is 1.70. The molecule has 3 aromatic rings. The zero-order valence-corrected chi connectivity index (χ0v) is 18.2. The second kappa shape index (κ2) is 10.7. The molecule has 0 radical (unpaired) electrons. The Bertz CT molecular complexity index is 952. The van der Waals surface area contributed by atoms with E-state index in [-0.39, 0.29) is 6.61 Å². The standard InChI is InChI=1S/C22H21Cl3N2O2/c1-2-28-21-10-15(12-26-13-18-5-3-4-8-27-18)9-20(25)22(21)29-14-16-6-7-17(23)11-19(16)24/h3-11,26H,2,12-14H2,1H3. The molecule has 0 aliphatic carbocycles. The third kappa shape index (κ3) is 6.25. The van der Waals surface area contributed by atoms with Crippen LogP contribution in [0.2, 0.25) is 15.1 Å². The summed E-state index contributed by atoms with van der Waals surface area (Å²) < 4.78 is 11.7. The molecule has 4 nitrogen and oxygen atoms in total. The molecule has 0 unspecified atom stereocenters. The number of halogens is 3. The predicted molar refractivity (Wildman–Crippen MR) is 118 cm³/mol. The van der Waals surface area contributed by atoms with Gasteiger partial charge in [-0.2, -0.15) is 0 Å². The number of hydrogen-bond acceptors (Lipinski definition) is 4. The molecule has 0 saturated heterocycles. The van der Waals surface area contributed by atoms with E-state index in [9.17, 15) is 0 Å². The summed E-state index contributed by atoms with van der Waals surface area (Å²) in [5, 5.41) is 4.96. The first-order valence-corrected chi connectivity index (χ1v) is 10.3. The van der Waals surface area contributed by atoms with E-state index < -0.39 is 0 Å².